The standard InChI is InChI=1S/C17H17N3O3/c21-16(22)12-18-17(23)20(13-15-9-5-2-6-10-15)19-11-14-7-3-1-4-8-14/h1-11H,12-13H2,(H,18,23)(H,21,22)/b19-11+. The van der Waals surface area contributed by atoms with Crippen molar-refractivity contribution in [3.05, 3.63) is 71.8 Å². The fourth-order valence-corrected chi connectivity index (χ4v) is 1.84. The lowest BCUT2D eigenvalue weighted by molar-refractivity contribution is -0.135. The highest BCUT2D eigenvalue weighted by Gasteiger charge is 2.13. The number of aliphatic carboxylic acids is 1. The van der Waals surface area contributed by atoms with Crippen molar-refractivity contribution in [2.24, 2.45) is 5.10 Å². The molecule has 0 fully saturated rings. The van der Waals surface area contributed by atoms with E-state index in [4.69, 9.17) is 5.11 Å². The third kappa shape index (κ3) is 5.62. The highest BCUT2D eigenvalue weighted by atomic mass is 16.4. The highest BCUT2D eigenvalue weighted by Crippen LogP contribution is 2.06. The number of nitrogens with one attached hydrogen (secondary N) is 1. The van der Waals surface area contributed by atoms with Gasteiger partial charge in [-0.25, -0.2) is 9.80 Å². The average Bonchev–Trinajstić information content (AvgIpc) is 2.58. The lowest BCUT2D eigenvalue weighted by Crippen LogP contribution is -2.39. The number of hydrazone groups is 1. The molecular formula is C17H17N3O3. The number of carboxylic acids is 1. The number of carbonyl (C=O) groups excluding carboxylic acids is 1. The number of urea groups is 1. The number of carboxylic acid groups (broad SMARTS) is 1. The lowest BCUT2D eigenvalue weighted by atomic mass is 10.2. The number of carbonyl (C=O) groups is 2. The third-order valence-corrected chi connectivity index (χ3v) is 2.95. The minimum absolute atomic E-state index is 0.246. The normalized spacial score (nSPS) is 10.4. The van der Waals surface area contributed by atoms with Crippen molar-refractivity contribution in [1.82, 2.24) is 10.3 Å². The molecule has 118 valence electrons. The predicted octanol–water partition coefficient (Wildman–Crippen LogP) is 2.32. The van der Waals surface area contributed by atoms with Gasteiger partial charge in [0, 0.05) is 0 Å². The van der Waals surface area contributed by atoms with Gasteiger partial charge in [-0.2, -0.15) is 5.10 Å². The number of benzene rings is 2. The van der Waals surface area contributed by atoms with Crippen LogP contribution in [0.3, 0.4) is 0 Å². The molecule has 0 radical (unpaired) electrons. The monoisotopic (exact) mass is 311 g/mol. The first-order valence-corrected chi connectivity index (χ1v) is 7.05. The highest BCUT2D eigenvalue weighted by molar-refractivity contribution is 5.83. The molecule has 0 bridgehead atoms. The molecule has 0 saturated carbocycles. The first-order valence-electron chi connectivity index (χ1n) is 7.05. The summed E-state index contributed by atoms with van der Waals surface area (Å²) in [6, 6.07) is 18.1. The zero-order chi connectivity index (χ0) is 16.5. The predicted molar refractivity (Wildman–Crippen MR) is 87.1 cm³/mol. The second-order valence-electron chi connectivity index (χ2n) is 4.75. The molecule has 0 atom stereocenters. The largest absolute Gasteiger partial charge is 0.480 e. The quantitative estimate of drug-likeness (QED) is 0.634. The van der Waals surface area contributed by atoms with E-state index in [0.29, 0.717) is 0 Å². The maximum absolute atomic E-state index is 12.1. The van der Waals surface area contributed by atoms with Crippen molar-refractivity contribution in [2.45, 2.75) is 6.54 Å². The average molecular weight is 311 g/mol. The van der Waals surface area contributed by atoms with E-state index in [1.165, 1.54) is 5.01 Å². The molecule has 6 nitrogen and oxygen atoms in total. The van der Waals surface area contributed by atoms with E-state index in [1.54, 1.807) is 6.21 Å². The van der Waals surface area contributed by atoms with Crippen LogP contribution in [-0.2, 0) is 11.3 Å². The summed E-state index contributed by atoms with van der Waals surface area (Å²) in [7, 11) is 0. The Bertz CT molecular complexity index is 672. The Balaban J connectivity index is 2.11. The van der Waals surface area contributed by atoms with Crippen LogP contribution < -0.4 is 5.32 Å². The van der Waals surface area contributed by atoms with Crippen LogP contribution >= 0.6 is 0 Å². The molecule has 0 heterocycles. The molecule has 6 heteroatoms. The summed E-state index contributed by atoms with van der Waals surface area (Å²) in [5, 5.41) is 16.4. The zero-order valence-corrected chi connectivity index (χ0v) is 12.4. The van der Waals surface area contributed by atoms with Crippen LogP contribution in [0.1, 0.15) is 11.1 Å². The van der Waals surface area contributed by atoms with E-state index in [1.807, 2.05) is 60.7 Å². The van der Waals surface area contributed by atoms with Crippen LogP contribution in [0.25, 0.3) is 0 Å². The Morgan fingerprint density at radius 2 is 1.65 bits per heavy atom. The molecular weight excluding hydrogens is 294 g/mol. The van der Waals surface area contributed by atoms with E-state index in [2.05, 4.69) is 10.4 Å². The molecule has 23 heavy (non-hydrogen) atoms. The first-order chi connectivity index (χ1) is 11.1. The molecule has 2 aromatic carbocycles. The second kappa shape index (κ2) is 8.33. The van der Waals surface area contributed by atoms with Crippen molar-refractivity contribution in [1.29, 1.82) is 0 Å². The number of amides is 2. The Kier molecular flexibility index (Phi) is 5.88. The molecule has 0 unspecified atom stereocenters. The third-order valence-electron chi connectivity index (χ3n) is 2.95. The Morgan fingerprint density at radius 1 is 1.04 bits per heavy atom. The molecule has 2 rings (SSSR count). The molecule has 2 N–H and O–H groups in total. The van der Waals surface area contributed by atoms with Crippen LogP contribution in [0.4, 0.5) is 4.79 Å². The summed E-state index contributed by atoms with van der Waals surface area (Å²) >= 11 is 0. The van der Waals surface area contributed by atoms with Gasteiger partial charge in [-0.3, -0.25) is 4.79 Å². The fourth-order valence-electron chi connectivity index (χ4n) is 1.84. The second-order valence-corrected chi connectivity index (χ2v) is 4.75. The van der Waals surface area contributed by atoms with E-state index < -0.39 is 18.5 Å². The lowest BCUT2D eigenvalue weighted by Gasteiger charge is -2.17. The number of nitrogens with zero attached hydrogens (tertiary/aromatic N) is 2. The minimum atomic E-state index is -1.11. The number of hydrogen-bond donors (Lipinski definition) is 2. The van der Waals surface area contributed by atoms with Crippen molar-refractivity contribution in [3.8, 4) is 0 Å². The van der Waals surface area contributed by atoms with Crippen molar-refractivity contribution >= 4 is 18.2 Å². The molecule has 0 spiro atoms. The van der Waals surface area contributed by atoms with Crippen molar-refractivity contribution < 1.29 is 14.7 Å². The van der Waals surface area contributed by atoms with Gasteiger partial charge in [-0.1, -0.05) is 60.7 Å². The summed E-state index contributed by atoms with van der Waals surface area (Å²) in [5.74, 6) is -1.11. The SMILES string of the molecule is O=C(O)CNC(=O)N(Cc1ccccc1)/N=C/c1ccccc1. The topological polar surface area (TPSA) is 82.0 Å². The van der Waals surface area contributed by atoms with Crippen LogP contribution in [-0.4, -0.2) is 34.9 Å². The Hall–Kier alpha value is -3.15. The summed E-state index contributed by atoms with van der Waals surface area (Å²) in [6.45, 7) is -0.208. The Morgan fingerprint density at radius 3 is 2.26 bits per heavy atom. The van der Waals surface area contributed by atoms with Crippen LogP contribution in [0.2, 0.25) is 0 Å². The van der Waals surface area contributed by atoms with E-state index in [-0.39, 0.29) is 6.54 Å². The fraction of sp³-hybridized carbons (Fsp3) is 0.118. The van der Waals surface area contributed by atoms with Crippen molar-refractivity contribution in [2.75, 3.05) is 6.54 Å². The summed E-state index contributed by atoms with van der Waals surface area (Å²) in [4.78, 5) is 22.7. The number of hydrogen-bond acceptors (Lipinski definition) is 3. The molecule has 0 aliphatic rings. The van der Waals surface area contributed by atoms with E-state index in [9.17, 15) is 9.59 Å². The van der Waals surface area contributed by atoms with Crippen LogP contribution in [0, 0.1) is 0 Å². The van der Waals surface area contributed by atoms with Gasteiger partial charge in [-0.05, 0) is 11.1 Å². The molecule has 2 aromatic rings. The van der Waals surface area contributed by atoms with E-state index in [0.717, 1.165) is 11.1 Å². The van der Waals surface area contributed by atoms with Crippen LogP contribution in [0.5, 0.6) is 0 Å². The van der Waals surface area contributed by atoms with Gasteiger partial charge in [0.15, 0.2) is 0 Å². The molecule has 0 saturated heterocycles. The molecule has 0 aromatic heterocycles. The summed E-state index contributed by atoms with van der Waals surface area (Å²) in [5.41, 5.74) is 1.74. The van der Waals surface area contributed by atoms with Gasteiger partial charge in [0.25, 0.3) is 0 Å². The van der Waals surface area contributed by atoms with E-state index >= 15 is 0 Å². The molecule has 2 amide bonds. The van der Waals surface area contributed by atoms with Gasteiger partial charge in [0.05, 0.1) is 12.8 Å². The zero-order valence-electron chi connectivity index (χ0n) is 12.4. The molecule has 0 aliphatic heterocycles. The first kappa shape index (κ1) is 16.2. The minimum Gasteiger partial charge on any atom is -0.480 e. The van der Waals surface area contributed by atoms with Crippen LogP contribution in [0.15, 0.2) is 65.8 Å². The van der Waals surface area contributed by atoms with Crippen molar-refractivity contribution in [3.63, 3.8) is 0 Å². The smallest absolute Gasteiger partial charge is 0.338 e. The maximum atomic E-state index is 12.1. The summed E-state index contributed by atoms with van der Waals surface area (Å²) in [6.07, 6.45) is 1.56. The Labute approximate surface area is 134 Å². The van der Waals surface area contributed by atoms with Gasteiger partial charge in [0.1, 0.15) is 6.54 Å². The van der Waals surface area contributed by atoms with Gasteiger partial charge < -0.3 is 10.4 Å². The summed E-state index contributed by atoms with van der Waals surface area (Å²) < 4.78 is 0. The van der Waals surface area contributed by atoms with Gasteiger partial charge in [0.2, 0.25) is 0 Å². The number of rotatable bonds is 6. The molecule has 0 aliphatic carbocycles. The maximum Gasteiger partial charge on any atom is 0.338 e. The van der Waals surface area contributed by atoms with Gasteiger partial charge >= 0.3 is 12.0 Å². The van der Waals surface area contributed by atoms with Gasteiger partial charge in [-0.15, -0.1) is 0 Å².